The van der Waals surface area contributed by atoms with Crippen molar-refractivity contribution in [1.82, 2.24) is 15.1 Å². The summed E-state index contributed by atoms with van der Waals surface area (Å²) >= 11 is 0. The van der Waals surface area contributed by atoms with Crippen LogP contribution in [0, 0.1) is 0 Å². The van der Waals surface area contributed by atoms with Gasteiger partial charge in [-0.05, 0) is 29.7 Å². The van der Waals surface area contributed by atoms with E-state index in [0.717, 1.165) is 0 Å². The van der Waals surface area contributed by atoms with Gasteiger partial charge in [0.15, 0.2) is 0 Å². The lowest BCUT2D eigenvalue weighted by atomic mass is 10.0. The Hall–Kier alpha value is -2.10. The highest BCUT2D eigenvalue weighted by molar-refractivity contribution is 5.94. The van der Waals surface area contributed by atoms with Gasteiger partial charge in [-0.3, -0.25) is 9.48 Å². The van der Waals surface area contributed by atoms with Gasteiger partial charge in [-0.2, -0.15) is 5.10 Å². The lowest BCUT2D eigenvalue weighted by Crippen LogP contribution is -2.27. The molecule has 0 fully saturated rings. The Labute approximate surface area is 113 Å². The van der Waals surface area contributed by atoms with Gasteiger partial charge >= 0.3 is 0 Å². The summed E-state index contributed by atoms with van der Waals surface area (Å²) in [6.07, 6.45) is 3.61. The molecule has 0 unspecified atom stereocenters. The molecule has 4 nitrogen and oxygen atoms in total. The van der Waals surface area contributed by atoms with Crippen molar-refractivity contribution in [2.75, 3.05) is 6.54 Å². The number of hydrogen-bond donors (Lipinski definition) is 1. The van der Waals surface area contributed by atoms with Crippen LogP contribution in [0.15, 0.2) is 42.7 Å². The predicted molar refractivity (Wildman–Crippen MR) is 75.1 cm³/mol. The molecule has 100 valence electrons. The Balaban J connectivity index is 1.85. The topological polar surface area (TPSA) is 46.9 Å². The molecule has 0 radical (unpaired) electrons. The van der Waals surface area contributed by atoms with E-state index in [-0.39, 0.29) is 5.91 Å². The van der Waals surface area contributed by atoms with Gasteiger partial charge in [0, 0.05) is 24.5 Å². The van der Waals surface area contributed by atoms with E-state index in [2.05, 4.69) is 24.3 Å². The van der Waals surface area contributed by atoms with Crippen molar-refractivity contribution in [2.45, 2.75) is 26.3 Å². The molecule has 1 heterocycles. The van der Waals surface area contributed by atoms with Crippen LogP contribution in [0.5, 0.6) is 0 Å². The first-order chi connectivity index (χ1) is 9.16. The molecule has 1 amide bonds. The largest absolute Gasteiger partial charge is 0.350 e. The monoisotopic (exact) mass is 257 g/mol. The second-order valence-corrected chi connectivity index (χ2v) is 4.80. The van der Waals surface area contributed by atoms with Crippen LogP contribution in [-0.4, -0.2) is 22.2 Å². The van der Waals surface area contributed by atoms with Gasteiger partial charge in [0.05, 0.1) is 6.54 Å². The summed E-state index contributed by atoms with van der Waals surface area (Å²) in [6, 6.07) is 9.63. The Morgan fingerprint density at radius 1 is 1.32 bits per heavy atom. The first kappa shape index (κ1) is 13.3. The number of nitrogens with zero attached hydrogens (tertiary/aromatic N) is 2. The van der Waals surface area contributed by atoms with E-state index < -0.39 is 0 Å². The van der Waals surface area contributed by atoms with Crippen LogP contribution >= 0.6 is 0 Å². The molecule has 19 heavy (non-hydrogen) atoms. The molecule has 1 N–H and O–H groups in total. The summed E-state index contributed by atoms with van der Waals surface area (Å²) in [4.78, 5) is 11.9. The van der Waals surface area contributed by atoms with E-state index in [9.17, 15) is 4.79 Å². The molecule has 0 aliphatic rings. The third kappa shape index (κ3) is 3.68. The van der Waals surface area contributed by atoms with Crippen LogP contribution in [0.1, 0.15) is 35.7 Å². The number of nitrogens with one attached hydrogen (secondary N) is 1. The molecule has 0 atom stereocenters. The van der Waals surface area contributed by atoms with Gasteiger partial charge in [-0.1, -0.05) is 26.0 Å². The van der Waals surface area contributed by atoms with Crippen LogP contribution < -0.4 is 5.32 Å². The van der Waals surface area contributed by atoms with Gasteiger partial charge in [0.2, 0.25) is 0 Å². The van der Waals surface area contributed by atoms with E-state index in [4.69, 9.17) is 0 Å². The summed E-state index contributed by atoms with van der Waals surface area (Å²) in [6.45, 7) is 5.54. The first-order valence-electron chi connectivity index (χ1n) is 6.52. The maximum absolute atomic E-state index is 11.9. The van der Waals surface area contributed by atoms with Gasteiger partial charge in [-0.25, -0.2) is 0 Å². The van der Waals surface area contributed by atoms with Crippen molar-refractivity contribution in [3.05, 3.63) is 53.9 Å². The SMILES string of the molecule is CC(C)c1ccc(C(=O)NCCn2cccn2)cc1. The highest BCUT2D eigenvalue weighted by Gasteiger charge is 2.05. The molecule has 2 aromatic rings. The van der Waals surface area contributed by atoms with E-state index in [0.29, 0.717) is 24.6 Å². The van der Waals surface area contributed by atoms with E-state index >= 15 is 0 Å². The zero-order valence-electron chi connectivity index (χ0n) is 11.3. The molecule has 0 aliphatic heterocycles. The van der Waals surface area contributed by atoms with Crippen LogP contribution in [-0.2, 0) is 6.54 Å². The highest BCUT2D eigenvalue weighted by atomic mass is 16.1. The first-order valence-corrected chi connectivity index (χ1v) is 6.52. The molecule has 1 aromatic heterocycles. The fraction of sp³-hybridized carbons (Fsp3) is 0.333. The molecular weight excluding hydrogens is 238 g/mol. The van der Waals surface area contributed by atoms with E-state index in [1.165, 1.54) is 5.56 Å². The standard InChI is InChI=1S/C15H19N3O/c1-12(2)13-4-6-14(7-5-13)15(19)16-9-11-18-10-3-8-17-18/h3-8,10,12H,9,11H2,1-2H3,(H,16,19). The molecule has 4 heteroatoms. The number of benzene rings is 1. The Morgan fingerprint density at radius 2 is 2.05 bits per heavy atom. The van der Waals surface area contributed by atoms with Gasteiger partial charge in [-0.15, -0.1) is 0 Å². The second kappa shape index (κ2) is 6.18. The summed E-state index contributed by atoms with van der Waals surface area (Å²) < 4.78 is 1.79. The van der Waals surface area contributed by atoms with E-state index in [1.807, 2.05) is 36.5 Å². The van der Waals surface area contributed by atoms with Crippen molar-refractivity contribution < 1.29 is 4.79 Å². The van der Waals surface area contributed by atoms with Crippen molar-refractivity contribution >= 4 is 5.91 Å². The predicted octanol–water partition coefficient (Wildman–Crippen LogP) is 2.44. The normalized spacial score (nSPS) is 10.7. The number of amides is 1. The minimum absolute atomic E-state index is 0.0394. The minimum atomic E-state index is -0.0394. The van der Waals surface area contributed by atoms with Crippen molar-refractivity contribution in [3.63, 3.8) is 0 Å². The lowest BCUT2D eigenvalue weighted by molar-refractivity contribution is 0.0952. The minimum Gasteiger partial charge on any atom is -0.350 e. The molecular formula is C15H19N3O. The van der Waals surface area contributed by atoms with Gasteiger partial charge in [0.1, 0.15) is 0 Å². The van der Waals surface area contributed by atoms with Gasteiger partial charge in [0.25, 0.3) is 5.91 Å². The van der Waals surface area contributed by atoms with Crippen molar-refractivity contribution in [3.8, 4) is 0 Å². The number of hydrogen-bond acceptors (Lipinski definition) is 2. The highest BCUT2D eigenvalue weighted by Crippen LogP contribution is 2.14. The van der Waals surface area contributed by atoms with Crippen LogP contribution in [0.25, 0.3) is 0 Å². The second-order valence-electron chi connectivity index (χ2n) is 4.80. The Morgan fingerprint density at radius 3 is 2.63 bits per heavy atom. The number of carbonyl (C=O) groups is 1. The van der Waals surface area contributed by atoms with Crippen molar-refractivity contribution in [2.24, 2.45) is 0 Å². The van der Waals surface area contributed by atoms with Crippen molar-refractivity contribution in [1.29, 1.82) is 0 Å². The Bertz CT molecular complexity index is 515. The molecule has 0 saturated carbocycles. The maximum atomic E-state index is 11.9. The third-order valence-corrected chi connectivity index (χ3v) is 3.03. The zero-order valence-corrected chi connectivity index (χ0v) is 11.3. The summed E-state index contributed by atoms with van der Waals surface area (Å²) in [5.74, 6) is 0.444. The fourth-order valence-corrected chi connectivity index (χ4v) is 1.84. The molecule has 0 spiro atoms. The number of rotatable bonds is 5. The molecule has 1 aromatic carbocycles. The maximum Gasteiger partial charge on any atom is 0.251 e. The Kier molecular flexibility index (Phi) is 4.34. The number of carbonyl (C=O) groups excluding carboxylic acids is 1. The summed E-state index contributed by atoms with van der Waals surface area (Å²) in [5.41, 5.74) is 1.94. The fourth-order valence-electron chi connectivity index (χ4n) is 1.84. The molecule has 0 saturated heterocycles. The lowest BCUT2D eigenvalue weighted by Gasteiger charge is -2.08. The summed E-state index contributed by atoms with van der Waals surface area (Å²) in [5, 5.41) is 6.97. The molecule has 0 aliphatic carbocycles. The molecule has 0 bridgehead atoms. The van der Waals surface area contributed by atoms with Gasteiger partial charge < -0.3 is 5.32 Å². The quantitative estimate of drug-likeness (QED) is 0.894. The average Bonchev–Trinajstić information content (AvgIpc) is 2.92. The van der Waals surface area contributed by atoms with Crippen LogP contribution in [0.3, 0.4) is 0 Å². The molecule has 2 rings (SSSR count). The summed E-state index contributed by atoms with van der Waals surface area (Å²) in [7, 11) is 0. The number of aromatic nitrogens is 2. The van der Waals surface area contributed by atoms with Crippen LogP contribution in [0.2, 0.25) is 0 Å². The zero-order chi connectivity index (χ0) is 13.7. The van der Waals surface area contributed by atoms with E-state index in [1.54, 1.807) is 10.9 Å². The smallest absolute Gasteiger partial charge is 0.251 e. The average molecular weight is 257 g/mol. The van der Waals surface area contributed by atoms with Crippen LogP contribution in [0.4, 0.5) is 0 Å². The third-order valence-electron chi connectivity index (χ3n) is 3.03.